The third kappa shape index (κ3) is 1.85. The second-order valence-electron chi connectivity index (χ2n) is 4.31. The minimum atomic E-state index is -2.93. The summed E-state index contributed by atoms with van der Waals surface area (Å²) < 4.78 is 23.2. The van der Waals surface area contributed by atoms with Crippen LogP contribution in [0.25, 0.3) is 0 Å². The van der Waals surface area contributed by atoms with E-state index in [1.807, 2.05) is 35.2 Å². The van der Waals surface area contributed by atoms with Gasteiger partial charge in [0.1, 0.15) is 0 Å². The number of para-hydroxylation sites is 1. The highest BCUT2D eigenvalue weighted by Gasteiger charge is 2.48. The van der Waals surface area contributed by atoms with E-state index in [0.29, 0.717) is 5.17 Å². The van der Waals surface area contributed by atoms with Gasteiger partial charge in [0.15, 0.2) is 15.0 Å². The van der Waals surface area contributed by atoms with E-state index in [-0.39, 0.29) is 22.8 Å². The molecule has 2 heterocycles. The number of thioether (sulfide) groups is 1. The first kappa shape index (κ1) is 11.1. The highest BCUT2D eigenvalue weighted by atomic mass is 32.2. The molecular formula is C11H12N2O2S2. The van der Waals surface area contributed by atoms with Gasteiger partial charge in [0, 0.05) is 10.9 Å². The molecule has 4 nitrogen and oxygen atoms in total. The summed E-state index contributed by atoms with van der Waals surface area (Å²) in [6.07, 6.45) is 0. The SMILES string of the molecule is N=C1SC2CS(=O)(=O)CC2N1c1ccccc1. The summed E-state index contributed by atoms with van der Waals surface area (Å²) in [4.78, 5) is 1.85. The Labute approximate surface area is 104 Å². The molecule has 2 unspecified atom stereocenters. The second kappa shape index (κ2) is 3.74. The lowest BCUT2D eigenvalue weighted by Gasteiger charge is -2.23. The Hall–Kier alpha value is -1.01. The van der Waals surface area contributed by atoms with Crippen LogP contribution in [0.5, 0.6) is 0 Å². The van der Waals surface area contributed by atoms with Crippen molar-refractivity contribution in [3.63, 3.8) is 0 Å². The zero-order valence-corrected chi connectivity index (χ0v) is 10.7. The molecule has 2 aliphatic rings. The normalized spacial score (nSPS) is 30.6. The smallest absolute Gasteiger partial charge is 0.161 e. The van der Waals surface area contributed by atoms with Gasteiger partial charge in [0.2, 0.25) is 0 Å². The highest BCUT2D eigenvalue weighted by Crippen LogP contribution is 2.39. The molecule has 0 radical (unpaired) electrons. The molecule has 17 heavy (non-hydrogen) atoms. The van der Waals surface area contributed by atoms with Gasteiger partial charge in [-0.25, -0.2) is 8.42 Å². The van der Waals surface area contributed by atoms with Gasteiger partial charge in [-0.15, -0.1) is 0 Å². The van der Waals surface area contributed by atoms with Crippen LogP contribution in [0.4, 0.5) is 5.69 Å². The fourth-order valence-electron chi connectivity index (χ4n) is 2.40. The predicted molar refractivity (Wildman–Crippen MR) is 70.5 cm³/mol. The van der Waals surface area contributed by atoms with E-state index in [1.54, 1.807) is 0 Å². The van der Waals surface area contributed by atoms with E-state index in [4.69, 9.17) is 5.41 Å². The average molecular weight is 268 g/mol. The van der Waals surface area contributed by atoms with Crippen molar-refractivity contribution >= 4 is 32.5 Å². The number of nitrogens with one attached hydrogen (secondary N) is 1. The number of sulfone groups is 1. The fraction of sp³-hybridized carbons (Fsp3) is 0.364. The minimum Gasteiger partial charge on any atom is -0.316 e. The van der Waals surface area contributed by atoms with Crippen molar-refractivity contribution in [3.05, 3.63) is 30.3 Å². The number of benzene rings is 1. The van der Waals surface area contributed by atoms with E-state index in [1.165, 1.54) is 11.8 Å². The topological polar surface area (TPSA) is 61.2 Å². The third-order valence-electron chi connectivity index (χ3n) is 3.12. The van der Waals surface area contributed by atoms with Crippen molar-refractivity contribution in [2.45, 2.75) is 11.3 Å². The van der Waals surface area contributed by atoms with Gasteiger partial charge < -0.3 is 4.90 Å². The molecule has 2 atom stereocenters. The van der Waals surface area contributed by atoms with E-state index in [0.717, 1.165) is 5.69 Å². The fourth-order valence-corrected chi connectivity index (χ4v) is 6.19. The van der Waals surface area contributed by atoms with Crippen molar-refractivity contribution in [2.75, 3.05) is 16.4 Å². The van der Waals surface area contributed by atoms with Crippen LogP contribution < -0.4 is 4.90 Å². The number of hydrogen-bond donors (Lipinski definition) is 1. The van der Waals surface area contributed by atoms with Crippen molar-refractivity contribution < 1.29 is 8.42 Å². The van der Waals surface area contributed by atoms with E-state index < -0.39 is 9.84 Å². The molecule has 2 aliphatic heterocycles. The molecule has 1 aromatic carbocycles. The number of anilines is 1. The molecule has 6 heteroatoms. The quantitative estimate of drug-likeness (QED) is 0.835. The molecule has 0 aromatic heterocycles. The molecule has 0 amide bonds. The minimum absolute atomic E-state index is 0.0210. The van der Waals surface area contributed by atoms with Gasteiger partial charge in [0.05, 0.1) is 17.5 Å². The zero-order valence-electron chi connectivity index (χ0n) is 9.04. The van der Waals surface area contributed by atoms with Crippen LogP contribution in [-0.2, 0) is 9.84 Å². The molecule has 0 spiro atoms. The number of nitrogens with zero attached hydrogens (tertiary/aromatic N) is 1. The summed E-state index contributed by atoms with van der Waals surface area (Å²) in [6.45, 7) is 0. The average Bonchev–Trinajstić information content (AvgIpc) is 2.69. The van der Waals surface area contributed by atoms with Crippen LogP contribution in [0.2, 0.25) is 0 Å². The summed E-state index contributed by atoms with van der Waals surface area (Å²) in [5.41, 5.74) is 0.912. The van der Waals surface area contributed by atoms with E-state index in [9.17, 15) is 8.42 Å². The van der Waals surface area contributed by atoms with Gasteiger partial charge in [-0.05, 0) is 12.1 Å². The van der Waals surface area contributed by atoms with Crippen molar-refractivity contribution in [3.8, 4) is 0 Å². The lowest BCUT2D eigenvalue weighted by Crippen LogP contribution is -2.37. The summed E-state index contributed by atoms with van der Waals surface area (Å²) in [6, 6.07) is 9.50. The molecule has 90 valence electrons. The molecule has 1 N–H and O–H groups in total. The van der Waals surface area contributed by atoms with Crippen LogP contribution in [0, 0.1) is 5.41 Å². The number of rotatable bonds is 1. The molecule has 1 aromatic rings. The summed E-state index contributed by atoms with van der Waals surface area (Å²) in [5, 5.41) is 8.45. The Morgan fingerprint density at radius 2 is 1.94 bits per heavy atom. The lowest BCUT2D eigenvalue weighted by atomic mass is 10.2. The molecule has 2 saturated heterocycles. The van der Waals surface area contributed by atoms with Crippen molar-refractivity contribution in [1.29, 1.82) is 5.41 Å². The first-order chi connectivity index (χ1) is 8.07. The van der Waals surface area contributed by atoms with Crippen LogP contribution in [0.1, 0.15) is 0 Å². The highest BCUT2D eigenvalue weighted by molar-refractivity contribution is 8.15. The zero-order chi connectivity index (χ0) is 12.0. The maximum Gasteiger partial charge on any atom is 0.161 e. The summed E-state index contributed by atoms with van der Waals surface area (Å²) in [5.74, 6) is 0.371. The summed E-state index contributed by atoms with van der Waals surface area (Å²) in [7, 11) is -2.93. The van der Waals surface area contributed by atoms with Crippen molar-refractivity contribution in [1.82, 2.24) is 0 Å². The van der Waals surface area contributed by atoms with Crippen molar-refractivity contribution in [2.24, 2.45) is 0 Å². The first-order valence-electron chi connectivity index (χ1n) is 5.37. The molecule has 0 aliphatic carbocycles. The monoisotopic (exact) mass is 268 g/mol. The maximum absolute atomic E-state index is 11.6. The maximum atomic E-state index is 11.6. The Morgan fingerprint density at radius 3 is 2.65 bits per heavy atom. The Balaban J connectivity index is 1.98. The van der Waals surface area contributed by atoms with Crippen LogP contribution >= 0.6 is 11.8 Å². The number of hydrogen-bond acceptors (Lipinski definition) is 4. The predicted octanol–water partition coefficient (Wildman–Crippen LogP) is 1.34. The standard InChI is InChI=1S/C11H12N2O2S2/c12-11-13(8-4-2-1-3-5-8)9-6-17(14,15)7-10(9)16-11/h1-5,9-10,12H,6-7H2. The van der Waals surface area contributed by atoms with Gasteiger partial charge in [-0.3, -0.25) is 5.41 Å². The van der Waals surface area contributed by atoms with Gasteiger partial charge in [-0.1, -0.05) is 30.0 Å². The molecule has 3 rings (SSSR count). The number of amidine groups is 1. The summed E-state index contributed by atoms with van der Waals surface area (Å²) >= 11 is 1.37. The van der Waals surface area contributed by atoms with Gasteiger partial charge in [0.25, 0.3) is 0 Å². The lowest BCUT2D eigenvalue weighted by molar-refractivity contribution is 0.601. The van der Waals surface area contributed by atoms with Gasteiger partial charge in [-0.2, -0.15) is 0 Å². The Bertz CT molecular complexity index is 556. The first-order valence-corrected chi connectivity index (χ1v) is 8.07. The Kier molecular flexibility index (Phi) is 2.45. The van der Waals surface area contributed by atoms with Crippen LogP contribution in [0.15, 0.2) is 30.3 Å². The van der Waals surface area contributed by atoms with Crippen LogP contribution in [-0.4, -0.2) is 36.4 Å². The van der Waals surface area contributed by atoms with Gasteiger partial charge >= 0.3 is 0 Å². The molecular weight excluding hydrogens is 256 g/mol. The molecule has 2 fully saturated rings. The Morgan fingerprint density at radius 1 is 1.24 bits per heavy atom. The van der Waals surface area contributed by atoms with Crippen LogP contribution in [0.3, 0.4) is 0 Å². The van der Waals surface area contributed by atoms with E-state index >= 15 is 0 Å². The van der Waals surface area contributed by atoms with E-state index in [2.05, 4.69) is 0 Å². The number of fused-ring (bicyclic) bond motifs is 1. The largest absolute Gasteiger partial charge is 0.316 e. The second-order valence-corrected chi connectivity index (χ2v) is 7.69. The third-order valence-corrected chi connectivity index (χ3v) is 6.25. The molecule has 0 saturated carbocycles. The molecule has 0 bridgehead atoms.